The van der Waals surface area contributed by atoms with Crippen LogP contribution in [0.5, 0.6) is 0 Å². The van der Waals surface area contributed by atoms with Crippen molar-refractivity contribution >= 4 is 11.7 Å². The molecule has 1 aliphatic heterocycles. The van der Waals surface area contributed by atoms with Crippen molar-refractivity contribution in [3.8, 4) is 0 Å². The van der Waals surface area contributed by atoms with E-state index in [1.54, 1.807) is 0 Å². The first-order chi connectivity index (χ1) is 12.5. The minimum atomic E-state index is -0.732. The van der Waals surface area contributed by atoms with E-state index in [1.165, 1.54) is 17.0 Å². The standard InChI is InChI=1S/C18H22N4O4/c23-16(13-21-11-8-19-18(21)22(25)26)12-20-9-6-15(7-10-20)17(24)14-4-2-1-3-5-14/h1-5,8,11,15-16,23H,6-7,9-10,12-13H2. The molecular weight excluding hydrogens is 336 g/mol. The van der Waals surface area contributed by atoms with Gasteiger partial charge in [-0.25, -0.2) is 4.57 Å². The number of imidazole rings is 1. The van der Waals surface area contributed by atoms with Crippen LogP contribution in [0, 0.1) is 16.0 Å². The molecule has 1 fully saturated rings. The Bertz CT molecular complexity index is 754. The Kier molecular flexibility index (Phi) is 5.75. The highest BCUT2D eigenvalue weighted by Gasteiger charge is 2.27. The van der Waals surface area contributed by atoms with Crippen LogP contribution in [0.4, 0.5) is 5.95 Å². The molecule has 0 radical (unpaired) electrons. The van der Waals surface area contributed by atoms with Crippen molar-refractivity contribution in [1.29, 1.82) is 0 Å². The van der Waals surface area contributed by atoms with E-state index >= 15 is 0 Å². The van der Waals surface area contributed by atoms with Crippen LogP contribution in [0.25, 0.3) is 0 Å². The molecular formula is C18H22N4O4. The van der Waals surface area contributed by atoms with Gasteiger partial charge in [0.25, 0.3) is 0 Å². The van der Waals surface area contributed by atoms with Gasteiger partial charge in [-0.3, -0.25) is 4.79 Å². The molecule has 1 aliphatic rings. The van der Waals surface area contributed by atoms with Crippen LogP contribution in [0.15, 0.2) is 42.7 Å². The van der Waals surface area contributed by atoms with Gasteiger partial charge in [-0.05, 0) is 30.9 Å². The van der Waals surface area contributed by atoms with Gasteiger partial charge in [0.2, 0.25) is 0 Å². The highest BCUT2D eigenvalue weighted by molar-refractivity contribution is 5.97. The topological polar surface area (TPSA) is 102 Å². The fourth-order valence-corrected chi connectivity index (χ4v) is 3.41. The predicted molar refractivity (Wildman–Crippen MR) is 94.8 cm³/mol. The number of nitrogens with zero attached hydrogens (tertiary/aromatic N) is 4. The van der Waals surface area contributed by atoms with E-state index in [2.05, 4.69) is 9.88 Å². The molecule has 8 nitrogen and oxygen atoms in total. The van der Waals surface area contributed by atoms with E-state index in [0.717, 1.165) is 31.5 Å². The number of hydrogen-bond donors (Lipinski definition) is 1. The first-order valence-corrected chi connectivity index (χ1v) is 8.70. The van der Waals surface area contributed by atoms with E-state index in [0.29, 0.717) is 6.54 Å². The highest BCUT2D eigenvalue weighted by Crippen LogP contribution is 2.22. The highest BCUT2D eigenvalue weighted by atomic mass is 16.6. The number of ketones is 1. The van der Waals surface area contributed by atoms with Gasteiger partial charge in [0.15, 0.2) is 5.78 Å². The molecule has 1 unspecified atom stereocenters. The number of hydrogen-bond acceptors (Lipinski definition) is 6. The summed E-state index contributed by atoms with van der Waals surface area (Å²) < 4.78 is 1.34. The number of aromatic nitrogens is 2. The third kappa shape index (κ3) is 4.33. The quantitative estimate of drug-likeness (QED) is 0.460. The minimum Gasteiger partial charge on any atom is -0.390 e. The molecule has 26 heavy (non-hydrogen) atoms. The van der Waals surface area contributed by atoms with Crippen LogP contribution in [0.1, 0.15) is 23.2 Å². The van der Waals surface area contributed by atoms with Crippen molar-refractivity contribution in [2.75, 3.05) is 19.6 Å². The fourth-order valence-electron chi connectivity index (χ4n) is 3.41. The van der Waals surface area contributed by atoms with Gasteiger partial charge < -0.3 is 20.1 Å². The second kappa shape index (κ2) is 8.20. The maximum absolute atomic E-state index is 12.5. The summed E-state index contributed by atoms with van der Waals surface area (Å²) in [5.74, 6) is -0.0726. The lowest BCUT2D eigenvalue weighted by Gasteiger charge is -2.32. The average molecular weight is 358 g/mol. The summed E-state index contributed by atoms with van der Waals surface area (Å²) >= 11 is 0. The van der Waals surface area contributed by atoms with Crippen molar-refractivity contribution in [2.45, 2.75) is 25.5 Å². The Morgan fingerprint density at radius 3 is 2.62 bits per heavy atom. The number of nitro groups is 1. The van der Waals surface area contributed by atoms with Crippen LogP contribution in [-0.2, 0) is 6.54 Å². The molecule has 0 saturated carbocycles. The number of aliphatic hydroxyl groups excluding tert-OH is 1. The van der Waals surface area contributed by atoms with Gasteiger partial charge in [0, 0.05) is 18.0 Å². The summed E-state index contributed by atoms with van der Waals surface area (Å²) in [6, 6.07) is 9.32. The molecule has 1 aromatic carbocycles. The second-order valence-corrected chi connectivity index (χ2v) is 6.60. The molecule has 8 heteroatoms. The molecule has 3 rings (SSSR count). The Hall–Kier alpha value is -2.58. The number of piperidine rings is 1. The molecule has 0 aliphatic carbocycles. The number of rotatable bonds is 7. The molecule has 1 saturated heterocycles. The molecule has 2 heterocycles. The smallest absolute Gasteiger partial charge is 0.390 e. The molecule has 1 atom stereocenters. The van der Waals surface area contributed by atoms with Crippen molar-refractivity contribution in [2.24, 2.45) is 5.92 Å². The molecule has 0 bridgehead atoms. The van der Waals surface area contributed by atoms with Gasteiger partial charge in [-0.2, -0.15) is 0 Å². The zero-order chi connectivity index (χ0) is 18.5. The number of aliphatic hydroxyl groups is 1. The van der Waals surface area contributed by atoms with Gasteiger partial charge in [-0.15, -0.1) is 0 Å². The van der Waals surface area contributed by atoms with E-state index in [-0.39, 0.29) is 24.2 Å². The third-order valence-corrected chi connectivity index (χ3v) is 4.75. The van der Waals surface area contributed by atoms with Crippen LogP contribution >= 0.6 is 0 Å². The van der Waals surface area contributed by atoms with Crippen LogP contribution in [0.2, 0.25) is 0 Å². The van der Waals surface area contributed by atoms with Gasteiger partial charge in [-0.1, -0.05) is 35.3 Å². The van der Waals surface area contributed by atoms with E-state index < -0.39 is 11.0 Å². The number of carbonyl (C=O) groups is 1. The Balaban J connectivity index is 1.48. The van der Waals surface area contributed by atoms with Crippen molar-refractivity contribution < 1.29 is 14.8 Å². The van der Waals surface area contributed by atoms with E-state index in [1.807, 2.05) is 30.3 Å². The fraction of sp³-hybridized carbons (Fsp3) is 0.444. The van der Waals surface area contributed by atoms with E-state index in [4.69, 9.17) is 0 Å². The number of benzene rings is 1. The summed E-state index contributed by atoms with van der Waals surface area (Å²) in [5, 5.41) is 21.1. The van der Waals surface area contributed by atoms with Gasteiger partial charge in [0.1, 0.15) is 12.4 Å². The van der Waals surface area contributed by atoms with Crippen molar-refractivity contribution in [3.05, 3.63) is 58.4 Å². The molecule has 0 amide bonds. The first kappa shape index (κ1) is 18.2. The second-order valence-electron chi connectivity index (χ2n) is 6.60. The Labute approximate surface area is 151 Å². The zero-order valence-corrected chi connectivity index (χ0v) is 14.4. The first-order valence-electron chi connectivity index (χ1n) is 8.70. The van der Waals surface area contributed by atoms with Crippen LogP contribution < -0.4 is 0 Å². The monoisotopic (exact) mass is 358 g/mol. The lowest BCUT2D eigenvalue weighted by atomic mass is 9.89. The maximum Gasteiger partial charge on any atom is 0.434 e. The molecule has 0 spiro atoms. The number of β-amino-alcohol motifs (C(OH)–C–C–N with tert-alkyl or cyclic N) is 1. The van der Waals surface area contributed by atoms with Crippen molar-refractivity contribution in [3.63, 3.8) is 0 Å². The van der Waals surface area contributed by atoms with Crippen LogP contribution in [-0.4, -0.2) is 56.0 Å². The predicted octanol–water partition coefficient (Wildman–Crippen LogP) is 1.75. The maximum atomic E-state index is 12.5. The summed E-state index contributed by atoms with van der Waals surface area (Å²) in [7, 11) is 0. The largest absolute Gasteiger partial charge is 0.434 e. The lowest BCUT2D eigenvalue weighted by Crippen LogP contribution is -2.41. The van der Waals surface area contributed by atoms with Crippen molar-refractivity contribution in [1.82, 2.24) is 14.5 Å². The third-order valence-electron chi connectivity index (χ3n) is 4.75. The van der Waals surface area contributed by atoms with Gasteiger partial charge in [0.05, 0.1) is 12.6 Å². The molecule has 2 aromatic rings. The summed E-state index contributed by atoms with van der Waals surface area (Å²) in [6.45, 7) is 2.00. The zero-order valence-electron chi connectivity index (χ0n) is 14.4. The average Bonchev–Trinajstić information content (AvgIpc) is 3.11. The SMILES string of the molecule is O=C(c1ccccc1)C1CCN(CC(O)Cn2ccnc2[N+](=O)[O-])CC1. The number of likely N-dealkylation sites (tertiary alicyclic amines) is 1. The Morgan fingerprint density at radius 2 is 1.96 bits per heavy atom. The summed E-state index contributed by atoms with van der Waals surface area (Å²) in [6.07, 6.45) is 3.62. The van der Waals surface area contributed by atoms with Gasteiger partial charge >= 0.3 is 5.95 Å². The lowest BCUT2D eigenvalue weighted by molar-refractivity contribution is -0.397. The minimum absolute atomic E-state index is 0.0144. The number of Topliss-reactive ketones (excluding diaryl/α,β-unsaturated/α-hetero) is 1. The molecule has 1 N–H and O–H groups in total. The van der Waals surface area contributed by atoms with Crippen LogP contribution in [0.3, 0.4) is 0 Å². The molecule has 138 valence electrons. The Morgan fingerprint density at radius 1 is 1.27 bits per heavy atom. The summed E-state index contributed by atoms with van der Waals surface area (Å²) in [4.78, 5) is 28.6. The molecule has 1 aromatic heterocycles. The number of carbonyl (C=O) groups excluding carboxylic acids is 1. The van der Waals surface area contributed by atoms with E-state index in [9.17, 15) is 20.0 Å². The summed E-state index contributed by atoms with van der Waals surface area (Å²) in [5.41, 5.74) is 0.749. The normalized spacial score (nSPS) is 17.1.